The maximum Gasteiger partial charge on any atom is 0.274 e. The molecule has 1 fully saturated rings. The van der Waals surface area contributed by atoms with Crippen LogP contribution in [0.25, 0.3) is 0 Å². The van der Waals surface area contributed by atoms with Crippen LogP contribution in [0, 0.1) is 6.92 Å². The minimum Gasteiger partial charge on any atom is -0.495 e. The molecule has 136 valence electrons. The number of carbonyl (C=O) groups is 2. The summed E-state index contributed by atoms with van der Waals surface area (Å²) in [6.07, 6.45) is 4.71. The SMILES string of the molecule is COc1ccc(C)cc1NC(=O)c1cc(C(=O)N2CCCCC2)ccn1. The van der Waals surface area contributed by atoms with Crippen molar-refractivity contribution in [2.75, 3.05) is 25.5 Å². The third-order valence-electron chi connectivity index (χ3n) is 4.49. The average molecular weight is 353 g/mol. The first kappa shape index (κ1) is 17.9. The first-order chi connectivity index (χ1) is 12.6. The smallest absolute Gasteiger partial charge is 0.274 e. The Labute approximate surface area is 153 Å². The fraction of sp³-hybridized carbons (Fsp3) is 0.350. The number of hydrogen-bond acceptors (Lipinski definition) is 4. The van der Waals surface area contributed by atoms with Gasteiger partial charge in [0.25, 0.3) is 11.8 Å². The van der Waals surface area contributed by atoms with Crippen LogP contribution >= 0.6 is 0 Å². The Morgan fingerprint density at radius 2 is 1.88 bits per heavy atom. The number of hydrogen-bond donors (Lipinski definition) is 1. The Bertz CT molecular complexity index is 814. The van der Waals surface area contributed by atoms with E-state index in [1.54, 1.807) is 25.3 Å². The van der Waals surface area contributed by atoms with E-state index < -0.39 is 0 Å². The summed E-state index contributed by atoms with van der Waals surface area (Å²) in [7, 11) is 1.55. The number of benzene rings is 1. The van der Waals surface area contributed by atoms with Gasteiger partial charge >= 0.3 is 0 Å². The van der Waals surface area contributed by atoms with Crippen molar-refractivity contribution in [3.63, 3.8) is 0 Å². The van der Waals surface area contributed by atoms with Crippen LogP contribution in [-0.4, -0.2) is 41.9 Å². The minimum absolute atomic E-state index is 0.0470. The molecule has 1 N–H and O–H groups in total. The van der Waals surface area contributed by atoms with Gasteiger partial charge in [0, 0.05) is 24.8 Å². The number of rotatable bonds is 4. The van der Waals surface area contributed by atoms with Gasteiger partial charge in [-0.1, -0.05) is 6.07 Å². The summed E-state index contributed by atoms with van der Waals surface area (Å²) in [6, 6.07) is 8.74. The summed E-state index contributed by atoms with van der Waals surface area (Å²) < 4.78 is 5.28. The van der Waals surface area contributed by atoms with Gasteiger partial charge in [0.2, 0.25) is 0 Å². The predicted molar refractivity (Wildman–Crippen MR) is 99.7 cm³/mol. The zero-order valence-electron chi connectivity index (χ0n) is 15.1. The van der Waals surface area contributed by atoms with Crippen LogP contribution < -0.4 is 10.1 Å². The lowest BCUT2D eigenvalue weighted by Gasteiger charge is -2.26. The third-order valence-corrected chi connectivity index (χ3v) is 4.49. The second-order valence-corrected chi connectivity index (χ2v) is 6.44. The summed E-state index contributed by atoms with van der Waals surface area (Å²) in [4.78, 5) is 31.2. The molecule has 1 saturated heterocycles. The third kappa shape index (κ3) is 4.02. The number of anilines is 1. The van der Waals surface area contributed by atoms with E-state index in [9.17, 15) is 9.59 Å². The minimum atomic E-state index is -0.373. The Balaban J connectivity index is 1.78. The second kappa shape index (κ2) is 7.99. The van der Waals surface area contributed by atoms with E-state index in [4.69, 9.17) is 4.74 Å². The van der Waals surface area contributed by atoms with Crippen molar-refractivity contribution < 1.29 is 14.3 Å². The van der Waals surface area contributed by atoms with Crippen molar-refractivity contribution in [2.24, 2.45) is 0 Å². The number of pyridine rings is 1. The van der Waals surface area contributed by atoms with E-state index in [2.05, 4.69) is 10.3 Å². The Hall–Kier alpha value is -2.89. The molecular formula is C20H23N3O3. The highest BCUT2D eigenvalue weighted by Crippen LogP contribution is 2.25. The van der Waals surface area contributed by atoms with Crippen molar-refractivity contribution in [1.29, 1.82) is 0 Å². The molecule has 1 aromatic carbocycles. The number of nitrogens with zero attached hydrogens (tertiary/aromatic N) is 2. The van der Waals surface area contributed by atoms with Crippen molar-refractivity contribution in [3.05, 3.63) is 53.3 Å². The molecule has 1 aliphatic rings. The van der Waals surface area contributed by atoms with E-state index in [1.165, 1.54) is 6.20 Å². The van der Waals surface area contributed by atoms with Gasteiger partial charge < -0.3 is 15.0 Å². The number of piperidine rings is 1. The van der Waals surface area contributed by atoms with E-state index in [0.29, 0.717) is 17.0 Å². The first-order valence-corrected chi connectivity index (χ1v) is 8.80. The monoisotopic (exact) mass is 353 g/mol. The Kier molecular flexibility index (Phi) is 5.51. The molecule has 0 saturated carbocycles. The molecule has 2 aromatic rings. The number of methoxy groups -OCH3 is 1. The molecule has 6 nitrogen and oxygen atoms in total. The van der Waals surface area contributed by atoms with Crippen LogP contribution in [0.1, 0.15) is 45.7 Å². The average Bonchev–Trinajstić information content (AvgIpc) is 2.68. The van der Waals surface area contributed by atoms with Crippen molar-refractivity contribution in [1.82, 2.24) is 9.88 Å². The summed E-state index contributed by atoms with van der Waals surface area (Å²) in [5, 5.41) is 2.81. The van der Waals surface area contributed by atoms with Gasteiger partial charge in [-0.25, -0.2) is 0 Å². The maximum atomic E-state index is 12.6. The highest BCUT2D eigenvalue weighted by atomic mass is 16.5. The van der Waals surface area contributed by atoms with Gasteiger partial charge in [-0.2, -0.15) is 0 Å². The molecule has 1 aromatic heterocycles. The lowest BCUT2D eigenvalue weighted by Crippen LogP contribution is -2.35. The summed E-state index contributed by atoms with van der Waals surface area (Å²) in [6.45, 7) is 3.47. The standard InChI is InChI=1S/C20H23N3O3/c1-14-6-7-18(26-2)16(12-14)22-19(24)17-13-15(8-9-21-17)20(25)23-10-4-3-5-11-23/h6-9,12-13H,3-5,10-11H2,1-2H3,(H,22,24). The van der Waals surface area contributed by atoms with E-state index in [-0.39, 0.29) is 17.5 Å². The van der Waals surface area contributed by atoms with Crippen LogP contribution in [0.15, 0.2) is 36.5 Å². The number of aryl methyl sites for hydroxylation is 1. The molecule has 0 radical (unpaired) electrons. The summed E-state index contributed by atoms with van der Waals surface area (Å²) in [5.41, 5.74) is 2.27. The fourth-order valence-corrected chi connectivity index (χ4v) is 3.07. The molecule has 0 aliphatic carbocycles. The summed E-state index contributed by atoms with van der Waals surface area (Å²) >= 11 is 0. The lowest BCUT2D eigenvalue weighted by atomic mass is 10.1. The van der Waals surface area contributed by atoms with Crippen molar-refractivity contribution in [2.45, 2.75) is 26.2 Å². The summed E-state index contributed by atoms with van der Waals surface area (Å²) in [5.74, 6) is 0.154. The molecule has 6 heteroatoms. The number of aromatic nitrogens is 1. The van der Waals surface area contributed by atoms with Gasteiger partial charge in [-0.05, 0) is 56.0 Å². The topological polar surface area (TPSA) is 71.5 Å². The molecule has 0 unspecified atom stereocenters. The van der Waals surface area contributed by atoms with Gasteiger partial charge in [-0.3, -0.25) is 14.6 Å². The zero-order valence-corrected chi connectivity index (χ0v) is 15.1. The molecule has 0 spiro atoms. The number of carbonyl (C=O) groups excluding carboxylic acids is 2. The predicted octanol–water partition coefficient (Wildman–Crippen LogP) is 3.28. The second-order valence-electron chi connectivity index (χ2n) is 6.44. The quantitative estimate of drug-likeness (QED) is 0.916. The molecule has 0 bridgehead atoms. The molecule has 2 amide bonds. The number of nitrogens with one attached hydrogen (secondary N) is 1. The van der Waals surface area contributed by atoms with Crippen LogP contribution in [0.4, 0.5) is 5.69 Å². The van der Waals surface area contributed by atoms with Crippen LogP contribution in [-0.2, 0) is 0 Å². The van der Waals surface area contributed by atoms with Gasteiger partial charge in [0.15, 0.2) is 0 Å². The Morgan fingerprint density at radius 1 is 1.12 bits per heavy atom. The van der Waals surface area contributed by atoms with Crippen LogP contribution in [0.3, 0.4) is 0 Å². The zero-order chi connectivity index (χ0) is 18.5. The first-order valence-electron chi connectivity index (χ1n) is 8.80. The van der Waals surface area contributed by atoms with Crippen LogP contribution in [0.5, 0.6) is 5.75 Å². The highest BCUT2D eigenvalue weighted by molar-refractivity contribution is 6.05. The largest absolute Gasteiger partial charge is 0.495 e. The van der Waals surface area contributed by atoms with Crippen molar-refractivity contribution >= 4 is 17.5 Å². The van der Waals surface area contributed by atoms with Gasteiger partial charge in [0.1, 0.15) is 11.4 Å². The Morgan fingerprint density at radius 3 is 2.62 bits per heavy atom. The number of ether oxygens (including phenoxy) is 1. The fourth-order valence-electron chi connectivity index (χ4n) is 3.07. The molecule has 2 heterocycles. The maximum absolute atomic E-state index is 12.6. The normalized spacial score (nSPS) is 14.0. The molecule has 0 atom stereocenters. The highest BCUT2D eigenvalue weighted by Gasteiger charge is 2.20. The molecule has 1 aliphatic heterocycles. The molecule has 3 rings (SSSR count). The van der Waals surface area contributed by atoms with Gasteiger partial charge in [0.05, 0.1) is 12.8 Å². The van der Waals surface area contributed by atoms with Crippen molar-refractivity contribution in [3.8, 4) is 5.75 Å². The molecular weight excluding hydrogens is 330 g/mol. The van der Waals surface area contributed by atoms with E-state index >= 15 is 0 Å². The van der Waals surface area contributed by atoms with E-state index in [0.717, 1.165) is 37.9 Å². The number of likely N-dealkylation sites (tertiary alicyclic amines) is 1. The van der Waals surface area contributed by atoms with Gasteiger partial charge in [-0.15, -0.1) is 0 Å². The van der Waals surface area contributed by atoms with Crippen LogP contribution in [0.2, 0.25) is 0 Å². The van der Waals surface area contributed by atoms with E-state index in [1.807, 2.05) is 24.0 Å². The number of amides is 2. The lowest BCUT2D eigenvalue weighted by molar-refractivity contribution is 0.0724. The molecule has 26 heavy (non-hydrogen) atoms.